The van der Waals surface area contributed by atoms with E-state index in [2.05, 4.69) is 23.3 Å². The molecule has 0 aliphatic rings. The number of hydrogen-bond donors (Lipinski definition) is 1. The van der Waals surface area contributed by atoms with Crippen molar-refractivity contribution < 1.29 is 0 Å². The smallest absolute Gasteiger partial charge is 0.0722 e. The predicted octanol–water partition coefficient (Wildman–Crippen LogP) is 3.78. The third-order valence-corrected chi connectivity index (χ3v) is 3.96. The van der Waals surface area contributed by atoms with Gasteiger partial charge in [-0.05, 0) is 36.2 Å². The summed E-state index contributed by atoms with van der Waals surface area (Å²) in [5, 5.41) is 6.49. The molecule has 3 rings (SSSR count). The minimum absolute atomic E-state index is 0.110. The summed E-state index contributed by atoms with van der Waals surface area (Å²) in [6.07, 6.45) is 0.696. The molecule has 2 aromatic carbocycles. The second-order valence-corrected chi connectivity index (χ2v) is 5.90. The Labute approximate surface area is 129 Å². The zero-order valence-electron chi connectivity index (χ0n) is 12.2. The van der Waals surface area contributed by atoms with Crippen molar-refractivity contribution in [1.82, 2.24) is 9.78 Å². The summed E-state index contributed by atoms with van der Waals surface area (Å²) >= 11 is 6.12. The average Bonchev–Trinajstić information content (AvgIpc) is 2.75. The van der Waals surface area contributed by atoms with E-state index in [1.807, 2.05) is 42.9 Å². The van der Waals surface area contributed by atoms with Crippen LogP contribution < -0.4 is 5.73 Å². The summed E-state index contributed by atoms with van der Waals surface area (Å²) in [6.45, 7) is 2.03. The quantitative estimate of drug-likeness (QED) is 0.800. The van der Waals surface area contributed by atoms with Crippen LogP contribution in [-0.4, -0.2) is 9.78 Å². The number of hydrogen-bond acceptors (Lipinski definition) is 2. The van der Waals surface area contributed by atoms with Crippen LogP contribution in [0, 0.1) is 6.92 Å². The second-order valence-electron chi connectivity index (χ2n) is 5.46. The molecule has 1 heterocycles. The van der Waals surface area contributed by atoms with Crippen LogP contribution in [0.2, 0.25) is 5.02 Å². The Kier molecular flexibility index (Phi) is 3.70. The Balaban J connectivity index is 1.94. The fourth-order valence-electron chi connectivity index (χ4n) is 2.74. The maximum absolute atomic E-state index is 6.36. The molecular weight excluding hydrogens is 282 g/mol. The molecule has 0 radical (unpaired) electrons. The molecule has 1 unspecified atom stereocenters. The Morgan fingerprint density at radius 2 is 2.00 bits per heavy atom. The van der Waals surface area contributed by atoms with E-state index in [1.165, 1.54) is 0 Å². The fraction of sp³-hybridized carbons (Fsp3) is 0.235. The van der Waals surface area contributed by atoms with Crippen LogP contribution in [0.15, 0.2) is 42.5 Å². The van der Waals surface area contributed by atoms with Crippen molar-refractivity contribution in [2.45, 2.75) is 19.4 Å². The summed E-state index contributed by atoms with van der Waals surface area (Å²) < 4.78 is 1.90. The molecule has 0 fully saturated rings. The van der Waals surface area contributed by atoms with E-state index in [9.17, 15) is 0 Å². The highest BCUT2D eigenvalue weighted by atomic mass is 35.5. The molecule has 0 saturated heterocycles. The van der Waals surface area contributed by atoms with Gasteiger partial charge in [-0.2, -0.15) is 5.10 Å². The zero-order chi connectivity index (χ0) is 15.0. The van der Waals surface area contributed by atoms with E-state index in [1.54, 1.807) is 0 Å². The molecule has 108 valence electrons. The highest BCUT2D eigenvalue weighted by molar-refractivity contribution is 6.30. The predicted molar refractivity (Wildman–Crippen MR) is 87.5 cm³/mol. The molecule has 0 aliphatic heterocycles. The topological polar surface area (TPSA) is 43.8 Å². The maximum atomic E-state index is 6.36. The lowest BCUT2D eigenvalue weighted by molar-refractivity contribution is 0.682. The van der Waals surface area contributed by atoms with E-state index in [0.717, 1.165) is 32.7 Å². The van der Waals surface area contributed by atoms with Crippen molar-refractivity contribution in [1.29, 1.82) is 0 Å². The summed E-state index contributed by atoms with van der Waals surface area (Å²) in [5.74, 6) is 0. The molecule has 4 heteroatoms. The lowest BCUT2D eigenvalue weighted by Crippen LogP contribution is -2.14. The molecule has 1 atom stereocenters. The summed E-state index contributed by atoms with van der Waals surface area (Å²) in [6, 6.07) is 14.1. The minimum Gasteiger partial charge on any atom is -0.324 e. The third kappa shape index (κ3) is 2.80. The number of fused-ring (bicyclic) bond motifs is 1. The Morgan fingerprint density at radius 3 is 2.76 bits per heavy atom. The Morgan fingerprint density at radius 1 is 1.24 bits per heavy atom. The van der Waals surface area contributed by atoms with Gasteiger partial charge in [0.1, 0.15) is 0 Å². The van der Waals surface area contributed by atoms with Crippen molar-refractivity contribution in [3.05, 3.63) is 64.3 Å². The first-order valence-electron chi connectivity index (χ1n) is 6.98. The summed E-state index contributed by atoms with van der Waals surface area (Å²) in [5.41, 5.74) is 10.7. The number of aromatic nitrogens is 2. The average molecular weight is 300 g/mol. The van der Waals surface area contributed by atoms with Crippen LogP contribution in [0.5, 0.6) is 0 Å². The summed E-state index contributed by atoms with van der Waals surface area (Å²) in [4.78, 5) is 0. The van der Waals surface area contributed by atoms with E-state index in [-0.39, 0.29) is 6.04 Å². The fourth-order valence-corrected chi connectivity index (χ4v) is 3.04. The van der Waals surface area contributed by atoms with E-state index in [0.29, 0.717) is 6.42 Å². The first-order chi connectivity index (χ1) is 10.0. The van der Waals surface area contributed by atoms with Gasteiger partial charge >= 0.3 is 0 Å². The van der Waals surface area contributed by atoms with Gasteiger partial charge in [-0.3, -0.25) is 4.68 Å². The summed E-state index contributed by atoms with van der Waals surface area (Å²) in [7, 11) is 1.96. The number of rotatable bonds is 3. The molecule has 1 aromatic heterocycles. The van der Waals surface area contributed by atoms with E-state index >= 15 is 0 Å². The highest BCUT2D eigenvalue weighted by Crippen LogP contribution is 2.25. The van der Waals surface area contributed by atoms with Gasteiger partial charge in [0.05, 0.1) is 11.2 Å². The second kappa shape index (κ2) is 5.51. The van der Waals surface area contributed by atoms with Gasteiger partial charge in [-0.1, -0.05) is 35.9 Å². The number of nitrogens with zero attached hydrogens (tertiary/aromatic N) is 2. The van der Waals surface area contributed by atoms with Crippen LogP contribution >= 0.6 is 11.6 Å². The van der Waals surface area contributed by atoms with Gasteiger partial charge in [-0.25, -0.2) is 0 Å². The lowest BCUT2D eigenvalue weighted by atomic mass is 10.00. The van der Waals surface area contributed by atoms with Crippen LogP contribution in [-0.2, 0) is 13.5 Å². The molecule has 0 bridgehead atoms. The Bertz CT molecular complexity index is 772. The SMILES string of the molecule is Cc1cc(Cl)cc(C(N)Cc2nn(C)c3ccccc23)c1. The lowest BCUT2D eigenvalue weighted by Gasteiger charge is -2.12. The Hall–Kier alpha value is -1.84. The van der Waals surface area contributed by atoms with Gasteiger partial charge in [0.2, 0.25) is 0 Å². The zero-order valence-corrected chi connectivity index (χ0v) is 12.9. The molecular formula is C17H18ClN3. The van der Waals surface area contributed by atoms with Gasteiger partial charge in [0.25, 0.3) is 0 Å². The van der Waals surface area contributed by atoms with Gasteiger partial charge in [-0.15, -0.1) is 0 Å². The maximum Gasteiger partial charge on any atom is 0.0722 e. The van der Waals surface area contributed by atoms with E-state index in [4.69, 9.17) is 17.3 Å². The third-order valence-electron chi connectivity index (χ3n) is 3.74. The number of aryl methyl sites for hydroxylation is 2. The van der Waals surface area contributed by atoms with Gasteiger partial charge in [0, 0.05) is 29.9 Å². The van der Waals surface area contributed by atoms with Crippen molar-refractivity contribution in [3.63, 3.8) is 0 Å². The van der Waals surface area contributed by atoms with Crippen LogP contribution in [0.4, 0.5) is 0 Å². The first kappa shape index (κ1) is 14.1. The van der Waals surface area contributed by atoms with Crippen molar-refractivity contribution in [2.24, 2.45) is 12.8 Å². The molecule has 0 spiro atoms. The van der Waals surface area contributed by atoms with Crippen molar-refractivity contribution in [2.75, 3.05) is 0 Å². The molecule has 0 aliphatic carbocycles. The minimum atomic E-state index is -0.110. The first-order valence-corrected chi connectivity index (χ1v) is 7.35. The van der Waals surface area contributed by atoms with E-state index < -0.39 is 0 Å². The van der Waals surface area contributed by atoms with Crippen molar-refractivity contribution in [3.8, 4) is 0 Å². The van der Waals surface area contributed by atoms with Crippen LogP contribution in [0.3, 0.4) is 0 Å². The van der Waals surface area contributed by atoms with Gasteiger partial charge < -0.3 is 5.73 Å². The highest BCUT2D eigenvalue weighted by Gasteiger charge is 2.14. The number of nitrogens with two attached hydrogens (primary N) is 1. The largest absolute Gasteiger partial charge is 0.324 e. The molecule has 21 heavy (non-hydrogen) atoms. The normalized spacial score (nSPS) is 12.8. The standard InChI is InChI=1S/C17H18ClN3/c1-11-7-12(9-13(18)8-11)15(19)10-16-14-5-3-4-6-17(14)21(2)20-16/h3-9,15H,10,19H2,1-2H3. The van der Waals surface area contributed by atoms with Crippen LogP contribution in [0.25, 0.3) is 10.9 Å². The van der Waals surface area contributed by atoms with Crippen LogP contribution in [0.1, 0.15) is 22.9 Å². The monoisotopic (exact) mass is 299 g/mol. The number of benzene rings is 2. The van der Waals surface area contributed by atoms with Gasteiger partial charge in [0.15, 0.2) is 0 Å². The molecule has 3 aromatic rings. The molecule has 0 amide bonds. The van der Waals surface area contributed by atoms with Crippen molar-refractivity contribution >= 4 is 22.5 Å². The molecule has 0 saturated carbocycles. The number of halogens is 1. The molecule has 3 nitrogen and oxygen atoms in total. The number of para-hydroxylation sites is 1. The molecule has 2 N–H and O–H groups in total.